The zero-order chi connectivity index (χ0) is 15.6. The van der Waals surface area contributed by atoms with E-state index in [0.29, 0.717) is 5.92 Å². The predicted octanol–water partition coefficient (Wildman–Crippen LogP) is 2.02. The third-order valence-electron chi connectivity index (χ3n) is 5.32. The van der Waals surface area contributed by atoms with Gasteiger partial charge in [0.2, 0.25) is 5.91 Å². The van der Waals surface area contributed by atoms with E-state index in [0.717, 1.165) is 39.0 Å². The number of carbonyl (C=O) groups is 1. The van der Waals surface area contributed by atoms with Crippen molar-refractivity contribution in [2.45, 2.75) is 30.7 Å². The molecule has 1 heterocycles. The van der Waals surface area contributed by atoms with Gasteiger partial charge in [-0.1, -0.05) is 30.3 Å². The van der Waals surface area contributed by atoms with E-state index in [1.165, 1.54) is 5.56 Å². The first-order chi connectivity index (χ1) is 10.6. The summed E-state index contributed by atoms with van der Waals surface area (Å²) < 4.78 is 5.48. The van der Waals surface area contributed by atoms with Gasteiger partial charge in [-0.25, -0.2) is 0 Å². The summed E-state index contributed by atoms with van der Waals surface area (Å²) in [5.41, 5.74) is 1.33. The maximum absolute atomic E-state index is 12.4. The van der Waals surface area contributed by atoms with Crippen LogP contribution >= 0.6 is 0 Å². The Kier molecular flexibility index (Phi) is 4.50. The van der Waals surface area contributed by atoms with Crippen molar-refractivity contribution in [1.29, 1.82) is 0 Å². The lowest BCUT2D eigenvalue weighted by Crippen LogP contribution is -2.55. The highest BCUT2D eigenvalue weighted by Gasteiger charge is 2.44. The van der Waals surface area contributed by atoms with Gasteiger partial charge in [-0.05, 0) is 44.8 Å². The summed E-state index contributed by atoms with van der Waals surface area (Å²) in [5, 5.41) is 3.20. The number of carbonyl (C=O) groups excluding carboxylic acids is 1. The zero-order valence-corrected chi connectivity index (χ0v) is 13.5. The Morgan fingerprint density at radius 1 is 1.27 bits per heavy atom. The maximum Gasteiger partial charge on any atom is 0.223 e. The number of hydrogen-bond donors (Lipinski definition) is 1. The molecule has 1 saturated heterocycles. The molecule has 1 aromatic rings. The standard InChI is InChI=1S/C18H26N2O2/c1-20(2)18(8-10-22-11-9-18)13-19-17(21)16-12-15(16)14-6-4-3-5-7-14/h3-7,15-16H,8-13H2,1-2H3,(H,19,21)/t15-,16+/m0/s1. The molecular formula is C18H26N2O2. The van der Waals surface area contributed by atoms with Gasteiger partial charge in [-0.15, -0.1) is 0 Å². The van der Waals surface area contributed by atoms with Crippen LogP contribution in [0.4, 0.5) is 0 Å². The second-order valence-corrected chi connectivity index (χ2v) is 6.81. The van der Waals surface area contributed by atoms with Crippen molar-refractivity contribution in [3.8, 4) is 0 Å². The van der Waals surface area contributed by atoms with E-state index in [9.17, 15) is 4.79 Å². The molecule has 1 saturated carbocycles. The van der Waals surface area contributed by atoms with Crippen LogP contribution in [0, 0.1) is 5.92 Å². The maximum atomic E-state index is 12.4. The molecule has 4 heteroatoms. The zero-order valence-electron chi connectivity index (χ0n) is 13.5. The normalized spacial score (nSPS) is 26.7. The fourth-order valence-corrected chi connectivity index (χ4v) is 3.47. The molecule has 1 amide bonds. The SMILES string of the molecule is CN(C)C1(CNC(=O)[C@@H]2C[C@H]2c2ccccc2)CCOCC1. The van der Waals surface area contributed by atoms with Crippen molar-refractivity contribution in [3.63, 3.8) is 0 Å². The van der Waals surface area contributed by atoms with E-state index in [1.54, 1.807) is 0 Å². The summed E-state index contributed by atoms with van der Waals surface area (Å²) in [6, 6.07) is 10.4. The van der Waals surface area contributed by atoms with Gasteiger partial charge >= 0.3 is 0 Å². The lowest BCUT2D eigenvalue weighted by Gasteiger charge is -2.42. The Bertz CT molecular complexity index is 509. The van der Waals surface area contributed by atoms with Gasteiger partial charge in [0.15, 0.2) is 0 Å². The van der Waals surface area contributed by atoms with Crippen molar-refractivity contribution >= 4 is 5.91 Å². The highest BCUT2D eigenvalue weighted by molar-refractivity contribution is 5.83. The molecule has 1 aliphatic carbocycles. The first-order valence-electron chi connectivity index (χ1n) is 8.20. The third-order valence-corrected chi connectivity index (χ3v) is 5.32. The van der Waals surface area contributed by atoms with E-state index in [2.05, 4.69) is 36.4 Å². The minimum absolute atomic E-state index is 0.0467. The van der Waals surface area contributed by atoms with Crippen LogP contribution in [0.25, 0.3) is 0 Å². The summed E-state index contributed by atoms with van der Waals surface area (Å²) in [6.45, 7) is 2.29. The molecule has 0 radical (unpaired) electrons. The second kappa shape index (κ2) is 6.39. The highest BCUT2D eigenvalue weighted by Crippen LogP contribution is 2.47. The monoisotopic (exact) mass is 302 g/mol. The Morgan fingerprint density at radius 3 is 2.59 bits per heavy atom. The van der Waals surface area contributed by atoms with Gasteiger partial charge in [0, 0.05) is 31.2 Å². The van der Waals surface area contributed by atoms with Gasteiger partial charge in [0.05, 0.1) is 0 Å². The molecule has 1 N–H and O–H groups in total. The number of rotatable bonds is 5. The molecule has 1 aliphatic heterocycles. The Morgan fingerprint density at radius 2 is 1.95 bits per heavy atom. The Balaban J connectivity index is 1.54. The van der Waals surface area contributed by atoms with E-state index < -0.39 is 0 Å². The lowest BCUT2D eigenvalue weighted by molar-refractivity contribution is -0.123. The molecular weight excluding hydrogens is 276 g/mol. The van der Waals surface area contributed by atoms with Gasteiger partial charge in [-0.2, -0.15) is 0 Å². The molecule has 2 atom stereocenters. The number of likely N-dealkylation sites (N-methyl/N-ethyl adjacent to an activating group) is 1. The van der Waals surface area contributed by atoms with Gasteiger partial charge in [0.1, 0.15) is 0 Å². The van der Waals surface area contributed by atoms with Crippen molar-refractivity contribution in [3.05, 3.63) is 35.9 Å². The Labute approximate surface area is 132 Å². The first kappa shape index (κ1) is 15.5. The average Bonchev–Trinajstić information content (AvgIpc) is 3.35. The average molecular weight is 302 g/mol. The molecule has 120 valence electrons. The molecule has 0 aromatic heterocycles. The third kappa shape index (κ3) is 3.18. The van der Waals surface area contributed by atoms with Crippen LogP contribution in [0.15, 0.2) is 30.3 Å². The number of benzene rings is 1. The van der Waals surface area contributed by atoms with Crippen molar-refractivity contribution < 1.29 is 9.53 Å². The molecule has 0 bridgehead atoms. The van der Waals surface area contributed by atoms with E-state index in [4.69, 9.17) is 4.74 Å². The predicted molar refractivity (Wildman–Crippen MR) is 86.8 cm³/mol. The number of amides is 1. The number of hydrogen-bond acceptors (Lipinski definition) is 3. The first-order valence-corrected chi connectivity index (χ1v) is 8.20. The molecule has 2 aliphatic rings. The van der Waals surface area contributed by atoms with Crippen LogP contribution in [0.3, 0.4) is 0 Å². The number of nitrogens with one attached hydrogen (secondary N) is 1. The topological polar surface area (TPSA) is 41.6 Å². The lowest BCUT2D eigenvalue weighted by atomic mass is 9.88. The molecule has 1 aromatic carbocycles. The van der Waals surface area contributed by atoms with Crippen LogP contribution in [0.5, 0.6) is 0 Å². The van der Waals surface area contributed by atoms with E-state index in [-0.39, 0.29) is 17.4 Å². The van der Waals surface area contributed by atoms with Gasteiger partial charge < -0.3 is 15.0 Å². The van der Waals surface area contributed by atoms with E-state index in [1.807, 2.05) is 18.2 Å². The Hall–Kier alpha value is -1.39. The number of ether oxygens (including phenoxy) is 1. The summed E-state index contributed by atoms with van der Waals surface area (Å²) in [5.74, 6) is 0.772. The molecule has 0 unspecified atom stereocenters. The summed E-state index contributed by atoms with van der Waals surface area (Å²) in [6.07, 6.45) is 2.94. The highest BCUT2D eigenvalue weighted by atomic mass is 16.5. The van der Waals surface area contributed by atoms with Gasteiger partial charge in [-0.3, -0.25) is 4.79 Å². The molecule has 3 rings (SSSR count). The minimum atomic E-state index is 0.0467. The van der Waals surface area contributed by atoms with Crippen LogP contribution in [0.1, 0.15) is 30.7 Å². The van der Waals surface area contributed by atoms with Crippen molar-refractivity contribution in [1.82, 2.24) is 10.2 Å². The van der Waals surface area contributed by atoms with Crippen molar-refractivity contribution in [2.24, 2.45) is 5.92 Å². The fourth-order valence-electron chi connectivity index (χ4n) is 3.47. The fraction of sp³-hybridized carbons (Fsp3) is 0.611. The molecule has 0 spiro atoms. The molecule has 22 heavy (non-hydrogen) atoms. The van der Waals surface area contributed by atoms with Crippen LogP contribution in [-0.2, 0) is 9.53 Å². The molecule has 2 fully saturated rings. The minimum Gasteiger partial charge on any atom is -0.381 e. The van der Waals surface area contributed by atoms with Crippen LogP contribution < -0.4 is 5.32 Å². The van der Waals surface area contributed by atoms with Gasteiger partial charge in [0.25, 0.3) is 0 Å². The quantitative estimate of drug-likeness (QED) is 0.905. The van der Waals surface area contributed by atoms with Crippen LogP contribution in [0.2, 0.25) is 0 Å². The summed E-state index contributed by atoms with van der Waals surface area (Å²) in [7, 11) is 4.20. The number of nitrogens with zero attached hydrogens (tertiary/aromatic N) is 1. The summed E-state index contributed by atoms with van der Waals surface area (Å²) in [4.78, 5) is 14.7. The second-order valence-electron chi connectivity index (χ2n) is 6.81. The van der Waals surface area contributed by atoms with E-state index >= 15 is 0 Å². The van der Waals surface area contributed by atoms with Crippen molar-refractivity contribution in [2.75, 3.05) is 33.9 Å². The van der Waals surface area contributed by atoms with Crippen LogP contribution in [-0.4, -0.2) is 50.2 Å². The molecule has 4 nitrogen and oxygen atoms in total. The largest absolute Gasteiger partial charge is 0.381 e. The smallest absolute Gasteiger partial charge is 0.223 e. The summed E-state index contributed by atoms with van der Waals surface area (Å²) >= 11 is 0.